The molecule has 0 atom stereocenters. The van der Waals surface area contributed by atoms with Gasteiger partial charge in [-0.15, -0.1) is 11.3 Å². The quantitative estimate of drug-likeness (QED) is 0.448. The molecule has 24 heavy (non-hydrogen) atoms. The number of aryl methyl sites for hydroxylation is 2. The Balaban J connectivity index is 1.66. The summed E-state index contributed by atoms with van der Waals surface area (Å²) in [6, 6.07) is 8.07. The first-order valence-electron chi connectivity index (χ1n) is 7.56. The first kappa shape index (κ1) is 15.4. The fourth-order valence-corrected chi connectivity index (χ4v) is 4.44. The topological polar surface area (TPSA) is 63.6 Å². The second kappa shape index (κ2) is 5.75. The zero-order valence-corrected chi connectivity index (χ0v) is 15.2. The highest BCUT2D eigenvalue weighted by Gasteiger charge is 2.12. The Kier molecular flexibility index (Phi) is 3.69. The van der Waals surface area contributed by atoms with Gasteiger partial charge in [0.05, 0.1) is 22.2 Å². The van der Waals surface area contributed by atoms with Gasteiger partial charge < -0.3 is 4.98 Å². The molecule has 7 heteroatoms. The van der Waals surface area contributed by atoms with Gasteiger partial charge >= 0.3 is 0 Å². The predicted molar refractivity (Wildman–Crippen MR) is 100.0 cm³/mol. The number of imidazole rings is 1. The fourth-order valence-electron chi connectivity index (χ4n) is 2.67. The number of aromatic amines is 1. The molecule has 0 aliphatic carbocycles. The van der Waals surface area contributed by atoms with Crippen molar-refractivity contribution in [3.8, 4) is 0 Å². The number of benzene rings is 1. The normalized spacial score (nSPS) is 11.6. The van der Waals surface area contributed by atoms with Crippen LogP contribution in [0.4, 0.5) is 0 Å². The van der Waals surface area contributed by atoms with Gasteiger partial charge in [-0.3, -0.25) is 9.36 Å². The van der Waals surface area contributed by atoms with Crippen LogP contribution >= 0.6 is 23.1 Å². The Bertz CT molecular complexity index is 1120. The number of thioether (sulfide) groups is 1. The predicted octanol–water partition coefficient (Wildman–Crippen LogP) is 3.78. The maximum Gasteiger partial charge on any atom is 0.262 e. The summed E-state index contributed by atoms with van der Waals surface area (Å²) in [6.45, 7) is 4.06. The highest BCUT2D eigenvalue weighted by atomic mass is 32.2. The molecular weight excluding hydrogens is 340 g/mol. The van der Waals surface area contributed by atoms with Gasteiger partial charge in [-0.1, -0.05) is 17.8 Å². The highest BCUT2D eigenvalue weighted by Crippen LogP contribution is 2.25. The van der Waals surface area contributed by atoms with Gasteiger partial charge in [-0.05, 0) is 37.6 Å². The molecule has 0 amide bonds. The lowest BCUT2D eigenvalue weighted by Crippen LogP contribution is -2.19. The van der Waals surface area contributed by atoms with Gasteiger partial charge in [0.1, 0.15) is 10.7 Å². The lowest BCUT2D eigenvalue weighted by Gasteiger charge is -2.05. The van der Waals surface area contributed by atoms with Gasteiger partial charge in [-0.25, -0.2) is 9.97 Å². The van der Waals surface area contributed by atoms with Gasteiger partial charge in [-0.2, -0.15) is 0 Å². The second-order valence-corrected chi connectivity index (χ2v) is 8.00. The van der Waals surface area contributed by atoms with Crippen molar-refractivity contribution in [1.29, 1.82) is 0 Å². The van der Waals surface area contributed by atoms with E-state index in [1.54, 1.807) is 23.0 Å². The molecule has 0 saturated carbocycles. The van der Waals surface area contributed by atoms with Crippen molar-refractivity contribution in [3.63, 3.8) is 0 Å². The number of hydrogen-bond acceptors (Lipinski definition) is 5. The third kappa shape index (κ3) is 2.63. The van der Waals surface area contributed by atoms with Gasteiger partial charge in [0.2, 0.25) is 0 Å². The SMILES string of the molecule is Cc1ccc2nc(CSc3nc4sc(C)cc4c(=O)n3C)[nH]c2c1. The smallest absolute Gasteiger partial charge is 0.262 e. The van der Waals surface area contributed by atoms with E-state index in [9.17, 15) is 4.79 Å². The number of fused-ring (bicyclic) bond motifs is 2. The molecule has 0 fully saturated rings. The van der Waals surface area contributed by atoms with Crippen molar-refractivity contribution in [3.05, 3.63) is 50.9 Å². The van der Waals surface area contributed by atoms with Crippen LogP contribution in [0.3, 0.4) is 0 Å². The molecular formula is C17H16N4OS2. The highest BCUT2D eigenvalue weighted by molar-refractivity contribution is 7.98. The summed E-state index contributed by atoms with van der Waals surface area (Å²) < 4.78 is 1.62. The van der Waals surface area contributed by atoms with E-state index >= 15 is 0 Å². The minimum Gasteiger partial charge on any atom is -0.341 e. The summed E-state index contributed by atoms with van der Waals surface area (Å²) in [6.07, 6.45) is 0. The monoisotopic (exact) mass is 356 g/mol. The third-order valence-corrected chi connectivity index (χ3v) is 5.86. The summed E-state index contributed by atoms with van der Waals surface area (Å²) in [5.41, 5.74) is 3.21. The molecule has 0 unspecified atom stereocenters. The van der Waals surface area contributed by atoms with Crippen molar-refractivity contribution in [2.24, 2.45) is 7.05 Å². The number of aromatic nitrogens is 4. The third-order valence-electron chi connectivity index (χ3n) is 3.88. The van der Waals surface area contributed by atoms with Gasteiger partial charge in [0.15, 0.2) is 5.16 Å². The Labute approximate surface area is 146 Å². The van der Waals surface area contributed by atoms with Crippen LogP contribution in [0.15, 0.2) is 34.2 Å². The van der Waals surface area contributed by atoms with Crippen LogP contribution in [0, 0.1) is 13.8 Å². The lowest BCUT2D eigenvalue weighted by molar-refractivity contribution is 0.727. The van der Waals surface area contributed by atoms with Gasteiger partial charge in [0.25, 0.3) is 5.56 Å². The molecule has 1 aromatic carbocycles. The molecule has 4 rings (SSSR count). The van der Waals surface area contributed by atoms with Crippen LogP contribution in [0.5, 0.6) is 0 Å². The van der Waals surface area contributed by atoms with Crippen LogP contribution < -0.4 is 5.56 Å². The maximum absolute atomic E-state index is 12.4. The number of nitrogens with one attached hydrogen (secondary N) is 1. The standard InChI is InChI=1S/C17H16N4OS2/c1-9-4-5-12-13(6-9)19-14(18-12)8-23-17-20-15-11(7-10(2)24-15)16(22)21(17)3/h4-7H,8H2,1-3H3,(H,18,19). The van der Waals surface area contributed by atoms with Crippen molar-refractivity contribution < 1.29 is 0 Å². The van der Waals surface area contributed by atoms with E-state index in [1.165, 1.54) is 17.3 Å². The van der Waals surface area contributed by atoms with Crippen LogP contribution in [0.2, 0.25) is 0 Å². The molecule has 0 bridgehead atoms. The van der Waals surface area contributed by atoms with E-state index in [1.807, 2.05) is 19.1 Å². The molecule has 0 aliphatic heterocycles. The van der Waals surface area contributed by atoms with Crippen LogP contribution in [0.25, 0.3) is 21.3 Å². The number of thiophene rings is 1. The summed E-state index contributed by atoms with van der Waals surface area (Å²) in [7, 11) is 1.77. The first-order chi connectivity index (χ1) is 11.5. The summed E-state index contributed by atoms with van der Waals surface area (Å²) in [4.78, 5) is 26.9. The summed E-state index contributed by atoms with van der Waals surface area (Å²) >= 11 is 3.08. The van der Waals surface area contributed by atoms with Crippen molar-refractivity contribution in [1.82, 2.24) is 19.5 Å². The summed E-state index contributed by atoms with van der Waals surface area (Å²) in [5.74, 6) is 1.53. The molecule has 0 aliphatic rings. The molecule has 0 spiro atoms. The average molecular weight is 356 g/mol. The minimum absolute atomic E-state index is 0.00656. The lowest BCUT2D eigenvalue weighted by atomic mass is 10.2. The van der Waals surface area contributed by atoms with Gasteiger partial charge in [0, 0.05) is 11.9 Å². The Hall–Kier alpha value is -2.12. The van der Waals surface area contributed by atoms with E-state index in [0.29, 0.717) is 16.3 Å². The van der Waals surface area contributed by atoms with E-state index in [2.05, 4.69) is 34.0 Å². The van der Waals surface area contributed by atoms with E-state index in [4.69, 9.17) is 0 Å². The molecule has 0 radical (unpaired) electrons. The minimum atomic E-state index is 0.00656. The molecule has 5 nitrogen and oxygen atoms in total. The Morgan fingerprint density at radius 2 is 2.08 bits per heavy atom. The molecule has 3 aromatic heterocycles. The molecule has 122 valence electrons. The first-order valence-corrected chi connectivity index (χ1v) is 9.37. The molecule has 3 heterocycles. The fraction of sp³-hybridized carbons (Fsp3) is 0.235. The van der Waals surface area contributed by atoms with E-state index in [0.717, 1.165) is 26.6 Å². The zero-order valence-electron chi connectivity index (χ0n) is 13.6. The van der Waals surface area contributed by atoms with Crippen molar-refractivity contribution in [2.75, 3.05) is 0 Å². The van der Waals surface area contributed by atoms with Crippen LogP contribution in [-0.4, -0.2) is 19.5 Å². The number of hydrogen-bond donors (Lipinski definition) is 1. The number of rotatable bonds is 3. The Morgan fingerprint density at radius 1 is 1.25 bits per heavy atom. The van der Waals surface area contributed by atoms with Crippen molar-refractivity contribution in [2.45, 2.75) is 24.8 Å². The van der Waals surface area contributed by atoms with Crippen molar-refractivity contribution >= 4 is 44.3 Å². The zero-order chi connectivity index (χ0) is 16.8. The molecule has 1 N–H and O–H groups in total. The average Bonchev–Trinajstić information content (AvgIpc) is 3.11. The largest absolute Gasteiger partial charge is 0.341 e. The number of nitrogens with zero attached hydrogens (tertiary/aromatic N) is 3. The van der Waals surface area contributed by atoms with Crippen LogP contribution in [0.1, 0.15) is 16.3 Å². The summed E-state index contributed by atoms with van der Waals surface area (Å²) in [5, 5.41) is 1.41. The second-order valence-electron chi connectivity index (χ2n) is 5.83. The Morgan fingerprint density at radius 3 is 2.92 bits per heavy atom. The van der Waals surface area contributed by atoms with E-state index < -0.39 is 0 Å². The molecule has 0 saturated heterocycles. The number of H-pyrrole nitrogens is 1. The molecule has 4 aromatic rings. The van der Waals surface area contributed by atoms with E-state index in [-0.39, 0.29) is 5.56 Å². The van der Waals surface area contributed by atoms with Crippen LogP contribution in [-0.2, 0) is 12.8 Å². The maximum atomic E-state index is 12.4.